The van der Waals surface area contributed by atoms with E-state index in [1.54, 1.807) is 6.07 Å². The summed E-state index contributed by atoms with van der Waals surface area (Å²) in [5, 5.41) is 8.63. The number of hydrogen-bond donors (Lipinski definition) is 2. The highest BCUT2D eigenvalue weighted by Crippen LogP contribution is 2.23. The number of thiophene rings is 1. The van der Waals surface area contributed by atoms with E-state index in [9.17, 15) is 9.59 Å². The van der Waals surface area contributed by atoms with Gasteiger partial charge in [-0.15, -0.1) is 11.3 Å². The van der Waals surface area contributed by atoms with Crippen LogP contribution in [0, 0.1) is 0 Å². The fraction of sp³-hybridized carbons (Fsp3) is 0.0909. The first-order chi connectivity index (χ1) is 13.6. The zero-order valence-corrected chi connectivity index (χ0v) is 16.1. The van der Waals surface area contributed by atoms with Crippen molar-refractivity contribution in [1.82, 2.24) is 9.88 Å². The topological polar surface area (TPSA) is 63.1 Å². The van der Waals surface area contributed by atoms with Crippen LogP contribution in [-0.2, 0) is 13.6 Å². The Morgan fingerprint density at radius 3 is 2.54 bits per heavy atom. The van der Waals surface area contributed by atoms with Crippen molar-refractivity contribution in [1.29, 1.82) is 0 Å². The molecule has 6 heteroatoms. The summed E-state index contributed by atoms with van der Waals surface area (Å²) < 4.78 is 1.86. The SMILES string of the molecule is Cn1c(C(=O)NCc2ccccc2)cc2cc(NC(=O)c3cccs3)ccc21. The van der Waals surface area contributed by atoms with E-state index < -0.39 is 0 Å². The smallest absolute Gasteiger partial charge is 0.268 e. The summed E-state index contributed by atoms with van der Waals surface area (Å²) in [5.74, 6) is -0.266. The molecule has 0 radical (unpaired) electrons. The number of carbonyl (C=O) groups excluding carboxylic acids is 2. The van der Waals surface area contributed by atoms with Crippen molar-refractivity contribution in [2.24, 2.45) is 7.05 Å². The first-order valence-corrected chi connectivity index (χ1v) is 9.76. The Balaban J connectivity index is 1.52. The minimum atomic E-state index is -0.133. The number of fused-ring (bicyclic) bond motifs is 1. The van der Waals surface area contributed by atoms with E-state index in [4.69, 9.17) is 0 Å². The van der Waals surface area contributed by atoms with Gasteiger partial charge < -0.3 is 15.2 Å². The second kappa shape index (κ2) is 7.70. The Hall–Kier alpha value is -3.38. The number of benzene rings is 2. The zero-order valence-electron chi connectivity index (χ0n) is 15.3. The number of amides is 2. The molecular formula is C22H19N3O2S. The minimum absolute atomic E-state index is 0.133. The molecule has 0 unspecified atom stereocenters. The number of anilines is 1. The molecule has 2 aromatic carbocycles. The van der Waals surface area contributed by atoms with Gasteiger partial charge in [-0.1, -0.05) is 36.4 Å². The predicted octanol–water partition coefficient (Wildman–Crippen LogP) is 4.42. The molecule has 2 heterocycles. The average Bonchev–Trinajstić information content (AvgIpc) is 3.35. The molecule has 0 saturated heterocycles. The lowest BCUT2D eigenvalue weighted by molar-refractivity contribution is 0.0942. The molecule has 140 valence electrons. The maximum absolute atomic E-state index is 12.6. The Morgan fingerprint density at radius 1 is 0.964 bits per heavy atom. The molecule has 5 nitrogen and oxygen atoms in total. The summed E-state index contributed by atoms with van der Waals surface area (Å²) in [6.45, 7) is 0.476. The highest BCUT2D eigenvalue weighted by Gasteiger charge is 2.14. The zero-order chi connectivity index (χ0) is 19.5. The van der Waals surface area contributed by atoms with Gasteiger partial charge in [-0.3, -0.25) is 9.59 Å². The van der Waals surface area contributed by atoms with E-state index in [1.165, 1.54) is 11.3 Å². The Labute approximate surface area is 166 Å². The van der Waals surface area contributed by atoms with Crippen molar-refractivity contribution in [2.45, 2.75) is 6.54 Å². The van der Waals surface area contributed by atoms with E-state index in [-0.39, 0.29) is 11.8 Å². The van der Waals surface area contributed by atoms with Gasteiger partial charge in [0, 0.05) is 30.2 Å². The molecule has 0 saturated carbocycles. The molecule has 2 amide bonds. The molecule has 4 aromatic rings. The van der Waals surface area contributed by atoms with Crippen molar-refractivity contribution in [3.8, 4) is 0 Å². The Kier molecular flexibility index (Phi) is 4.95. The number of nitrogens with one attached hydrogen (secondary N) is 2. The summed E-state index contributed by atoms with van der Waals surface area (Å²) in [6, 6.07) is 20.9. The van der Waals surface area contributed by atoms with Gasteiger partial charge in [0.1, 0.15) is 5.69 Å². The van der Waals surface area contributed by atoms with Crippen molar-refractivity contribution in [3.63, 3.8) is 0 Å². The second-order valence-electron chi connectivity index (χ2n) is 6.46. The van der Waals surface area contributed by atoms with E-state index in [0.29, 0.717) is 22.8 Å². The number of hydrogen-bond acceptors (Lipinski definition) is 3. The van der Waals surface area contributed by atoms with Gasteiger partial charge in [-0.05, 0) is 41.3 Å². The maximum atomic E-state index is 12.6. The number of aromatic nitrogens is 1. The van der Waals surface area contributed by atoms with Crippen LogP contribution in [-0.4, -0.2) is 16.4 Å². The van der Waals surface area contributed by atoms with Crippen LogP contribution in [0.4, 0.5) is 5.69 Å². The van der Waals surface area contributed by atoms with E-state index in [1.807, 2.05) is 77.7 Å². The predicted molar refractivity (Wildman–Crippen MR) is 113 cm³/mol. The third kappa shape index (κ3) is 3.68. The molecule has 0 spiro atoms. The van der Waals surface area contributed by atoms with Gasteiger partial charge in [0.15, 0.2) is 0 Å². The van der Waals surface area contributed by atoms with Crippen LogP contribution in [0.1, 0.15) is 25.7 Å². The Morgan fingerprint density at radius 2 is 1.79 bits per heavy atom. The number of rotatable bonds is 5. The van der Waals surface area contributed by atoms with Gasteiger partial charge in [0.25, 0.3) is 11.8 Å². The van der Waals surface area contributed by atoms with Crippen LogP contribution in [0.25, 0.3) is 10.9 Å². The molecule has 0 aliphatic rings. The standard InChI is InChI=1S/C22H19N3O2S/c1-25-18-10-9-17(24-22(27)20-8-5-11-28-20)12-16(18)13-19(25)21(26)23-14-15-6-3-2-4-7-15/h2-13H,14H2,1H3,(H,23,26)(H,24,27). The fourth-order valence-corrected chi connectivity index (χ4v) is 3.73. The van der Waals surface area contributed by atoms with Crippen molar-refractivity contribution in [3.05, 3.63) is 88.2 Å². The molecule has 2 aromatic heterocycles. The van der Waals surface area contributed by atoms with Crippen LogP contribution in [0.15, 0.2) is 72.1 Å². The number of carbonyl (C=O) groups is 2. The molecule has 0 bridgehead atoms. The molecular weight excluding hydrogens is 370 g/mol. The summed E-state index contributed by atoms with van der Waals surface area (Å²) in [5.41, 5.74) is 3.26. The normalized spacial score (nSPS) is 10.8. The largest absolute Gasteiger partial charge is 0.347 e. The highest BCUT2D eigenvalue weighted by atomic mass is 32.1. The first kappa shape index (κ1) is 18.0. The van der Waals surface area contributed by atoms with Gasteiger partial charge >= 0.3 is 0 Å². The summed E-state index contributed by atoms with van der Waals surface area (Å²) >= 11 is 1.40. The lowest BCUT2D eigenvalue weighted by Gasteiger charge is -2.07. The molecule has 0 fully saturated rings. The first-order valence-electron chi connectivity index (χ1n) is 8.88. The lowest BCUT2D eigenvalue weighted by atomic mass is 10.2. The van der Waals surface area contributed by atoms with E-state index in [2.05, 4.69) is 10.6 Å². The highest BCUT2D eigenvalue weighted by molar-refractivity contribution is 7.12. The molecule has 0 aliphatic carbocycles. The van der Waals surface area contributed by atoms with Crippen LogP contribution in [0.3, 0.4) is 0 Å². The Bertz CT molecular complexity index is 1130. The lowest BCUT2D eigenvalue weighted by Crippen LogP contribution is -2.24. The van der Waals surface area contributed by atoms with Gasteiger partial charge in [-0.2, -0.15) is 0 Å². The van der Waals surface area contributed by atoms with E-state index >= 15 is 0 Å². The number of nitrogens with zero attached hydrogens (tertiary/aromatic N) is 1. The summed E-state index contributed by atoms with van der Waals surface area (Å²) in [7, 11) is 1.86. The van der Waals surface area contributed by atoms with Crippen LogP contribution in [0.2, 0.25) is 0 Å². The minimum Gasteiger partial charge on any atom is -0.347 e. The number of aryl methyl sites for hydroxylation is 1. The average molecular weight is 389 g/mol. The van der Waals surface area contributed by atoms with Gasteiger partial charge in [0.2, 0.25) is 0 Å². The molecule has 4 rings (SSSR count). The monoisotopic (exact) mass is 389 g/mol. The third-order valence-electron chi connectivity index (χ3n) is 4.57. The van der Waals surface area contributed by atoms with Gasteiger partial charge in [0.05, 0.1) is 4.88 Å². The molecule has 0 aliphatic heterocycles. The van der Waals surface area contributed by atoms with Crippen LogP contribution in [0.5, 0.6) is 0 Å². The summed E-state index contributed by atoms with van der Waals surface area (Å²) in [6.07, 6.45) is 0. The van der Waals surface area contributed by atoms with Gasteiger partial charge in [-0.25, -0.2) is 0 Å². The van der Waals surface area contributed by atoms with Crippen LogP contribution < -0.4 is 10.6 Å². The second-order valence-corrected chi connectivity index (χ2v) is 7.41. The molecule has 28 heavy (non-hydrogen) atoms. The van der Waals surface area contributed by atoms with E-state index in [0.717, 1.165) is 16.5 Å². The maximum Gasteiger partial charge on any atom is 0.268 e. The quantitative estimate of drug-likeness (QED) is 0.531. The van der Waals surface area contributed by atoms with Crippen molar-refractivity contribution in [2.75, 3.05) is 5.32 Å². The summed E-state index contributed by atoms with van der Waals surface area (Å²) in [4.78, 5) is 25.5. The van der Waals surface area contributed by atoms with Crippen LogP contribution >= 0.6 is 11.3 Å². The molecule has 2 N–H and O–H groups in total. The third-order valence-corrected chi connectivity index (χ3v) is 5.44. The van der Waals surface area contributed by atoms with Crippen molar-refractivity contribution >= 4 is 39.7 Å². The molecule has 0 atom stereocenters. The van der Waals surface area contributed by atoms with Crippen molar-refractivity contribution < 1.29 is 9.59 Å². The fourth-order valence-electron chi connectivity index (χ4n) is 3.11.